The van der Waals surface area contributed by atoms with Crippen LogP contribution in [0.5, 0.6) is 0 Å². The number of benzene rings is 2. The monoisotopic (exact) mass is 309 g/mol. The van der Waals surface area contributed by atoms with Crippen LogP contribution in [-0.2, 0) is 0 Å². The van der Waals surface area contributed by atoms with E-state index >= 15 is 0 Å². The van der Waals surface area contributed by atoms with Crippen LogP contribution in [-0.4, -0.2) is 23.6 Å². The van der Waals surface area contributed by atoms with Crippen LogP contribution in [0.1, 0.15) is 41.4 Å². The number of carbonyl (C=O) groups excluding carboxylic acids is 4. The van der Waals surface area contributed by atoms with Gasteiger partial charge in [0, 0.05) is 11.1 Å². The molecular weight excluding hydrogens is 298 g/mol. The van der Waals surface area contributed by atoms with Gasteiger partial charge in [-0.05, 0) is 42.5 Å². The summed E-state index contributed by atoms with van der Waals surface area (Å²) in [5, 5.41) is 0. The minimum atomic E-state index is -0.683. The molecule has 0 spiro atoms. The average molecular weight is 309 g/mol. The summed E-state index contributed by atoms with van der Waals surface area (Å²) in [5.41, 5.74) is 11.4. The van der Waals surface area contributed by atoms with Crippen molar-refractivity contribution in [3.8, 4) is 0 Å². The lowest BCUT2D eigenvalue weighted by molar-refractivity contribution is 0.0924. The Morgan fingerprint density at radius 2 is 1.26 bits per heavy atom. The van der Waals surface area contributed by atoms with E-state index in [1.54, 1.807) is 0 Å². The van der Waals surface area contributed by atoms with Gasteiger partial charge in [-0.2, -0.15) is 0 Å². The van der Waals surface area contributed by atoms with Crippen LogP contribution in [0.15, 0.2) is 42.5 Å². The average Bonchev–Trinajstić information content (AvgIpc) is 2.78. The second-order valence-electron chi connectivity index (χ2n) is 4.98. The summed E-state index contributed by atoms with van der Waals surface area (Å²) in [7, 11) is 0. The van der Waals surface area contributed by atoms with Crippen molar-refractivity contribution in [3.63, 3.8) is 0 Å². The Morgan fingerprint density at radius 1 is 0.739 bits per heavy atom. The first-order valence-corrected chi connectivity index (χ1v) is 6.62. The molecular formula is C16H11N3O4. The number of hydrogen-bond donors (Lipinski definition) is 2. The highest BCUT2D eigenvalue weighted by atomic mass is 16.2. The minimum absolute atomic E-state index is 0.116. The fourth-order valence-corrected chi connectivity index (χ4v) is 2.40. The largest absolute Gasteiger partial charge is 0.366 e. The summed E-state index contributed by atoms with van der Waals surface area (Å²) < 4.78 is 0. The molecule has 7 heteroatoms. The van der Waals surface area contributed by atoms with Crippen molar-refractivity contribution < 1.29 is 19.2 Å². The Bertz CT molecular complexity index is 871. The Balaban J connectivity index is 2.02. The van der Waals surface area contributed by atoms with E-state index in [9.17, 15) is 19.2 Å². The fraction of sp³-hybridized carbons (Fsp3) is 0. The standard InChI is InChI=1S/C16H11N3O4/c17-13(20)8-1-4-10(5-2-8)19-15(22)11-6-3-9(14(18)21)7-12(11)16(19)23/h1-7H,(H2,17,20)(H2,18,21). The first-order chi connectivity index (χ1) is 10.9. The normalized spacial score (nSPS) is 13.1. The number of fused-ring (bicyclic) bond motifs is 1. The van der Waals surface area contributed by atoms with E-state index in [-0.39, 0.29) is 22.3 Å². The van der Waals surface area contributed by atoms with Crippen molar-refractivity contribution >= 4 is 29.3 Å². The quantitative estimate of drug-likeness (QED) is 0.809. The predicted octanol–water partition coefficient (Wildman–Crippen LogP) is 0.685. The lowest BCUT2D eigenvalue weighted by atomic mass is 10.1. The predicted molar refractivity (Wildman–Crippen MR) is 81.1 cm³/mol. The van der Waals surface area contributed by atoms with Crippen molar-refractivity contribution in [2.45, 2.75) is 0 Å². The molecule has 4 amide bonds. The molecule has 0 fully saturated rings. The van der Waals surface area contributed by atoms with Gasteiger partial charge >= 0.3 is 0 Å². The molecule has 0 aliphatic carbocycles. The van der Waals surface area contributed by atoms with Gasteiger partial charge in [-0.3, -0.25) is 19.2 Å². The Morgan fingerprint density at radius 3 is 1.83 bits per heavy atom. The molecule has 2 aromatic carbocycles. The van der Waals surface area contributed by atoms with Crippen LogP contribution in [0, 0.1) is 0 Å². The summed E-state index contributed by atoms with van der Waals surface area (Å²) in [6.07, 6.45) is 0. The number of anilines is 1. The molecule has 3 rings (SSSR count). The number of nitrogens with two attached hydrogens (primary N) is 2. The molecule has 0 saturated heterocycles. The number of hydrogen-bond acceptors (Lipinski definition) is 4. The van der Waals surface area contributed by atoms with E-state index in [0.717, 1.165) is 4.90 Å². The molecule has 1 heterocycles. The van der Waals surface area contributed by atoms with Gasteiger partial charge in [-0.15, -0.1) is 0 Å². The highest BCUT2D eigenvalue weighted by Gasteiger charge is 2.37. The molecule has 1 aliphatic heterocycles. The SMILES string of the molecule is NC(=O)c1ccc(N2C(=O)c3ccc(C(N)=O)cc3C2=O)cc1. The van der Waals surface area contributed by atoms with Gasteiger partial charge in [-0.25, -0.2) is 4.90 Å². The minimum Gasteiger partial charge on any atom is -0.366 e. The Hall–Kier alpha value is -3.48. The molecule has 0 aromatic heterocycles. The molecule has 0 atom stereocenters. The van der Waals surface area contributed by atoms with Crippen LogP contribution < -0.4 is 16.4 Å². The van der Waals surface area contributed by atoms with E-state index in [1.165, 1.54) is 42.5 Å². The van der Waals surface area contributed by atoms with E-state index < -0.39 is 23.6 Å². The first kappa shape index (κ1) is 14.5. The molecule has 0 unspecified atom stereocenters. The van der Waals surface area contributed by atoms with Crippen LogP contribution in [0.4, 0.5) is 5.69 Å². The number of nitrogens with zero attached hydrogens (tertiary/aromatic N) is 1. The number of imide groups is 1. The zero-order chi connectivity index (χ0) is 16.7. The van der Waals surface area contributed by atoms with E-state index in [1.807, 2.05) is 0 Å². The van der Waals surface area contributed by atoms with Gasteiger partial charge in [0.2, 0.25) is 11.8 Å². The fourth-order valence-electron chi connectivity index (χ4n) is 2.40. The maximum Gasteiger partial charge on any atom is 0.266 e. The molecule has 7 nitrogen and oxygen atoms in total. The van der Waals surface area contributed by atoms with Crippen molar-refractivity contribution in [3.05, 3.63) is 64.7 Å². The van der Waals surface area contributed by atoms with Gasteiger partial charge in [0.15, 0.2) is 0 Å². The van der Waals surface area contributed by atoms with Crippen LogP contribution in [0.2, 0.25) is 0 Å². The third-order valence-corrected chi connectivity index (χ3v) is 3.58. The highest BCUT2D eigenvalue weighted by molar-refractivity contribution is 6.34. The lowest BCUT2D eigenvalue weighted by Crippen LogP contribution is -2.29. The second-order valence-corrected chi connectivity index (χ2v) is 4.98. The van der Waals surface area contributed by atoms with Gasteiger partial charge in [0.1, 0.15) is 0 Å². The number of primary amides is 2. The molecule has 0 bridgehead atoms. The molecule has 1 aliphatic rings. The first-order valence-electron chi connectivity index (χ1n) is 6.62. The van der Waals surface area contributed by atoms with Gasteiger partial charge < -0.3 is 11.5 Å². The zero-order valence-electron chi connectivity index (χ0n) is 11.8. The van der Waals surface area contributed by atoms with Gasteiger partial charge in [0.25, 0.3) is 11.8 Å². The smallest absolute Gasteiger partial charge is 0.266 e. The maximum atomic E-state index is 12.5. The Kier molecular flexibility index (Phi) is 3.18. The van der Waals surface area contributed by atoms with E-state index in [0.29, 0.717) is 5.69 Å². The third kappa shape index (κ3) is 2.24. The molecule has 114 valence electrons. The summed E-state index contributed by atoms with van der Waals surface area (Å²) in [4.78, 5) is 48.1. The summed E-state index contributed by atoms with van der Waals surface area (Å²) in [5.74, 6) is -2.35. The van der Waals surface area contributed by atoms with Crippen molar-refractivity contribution in [1.29, 1.82) is 0 Å². The second kappa shape index (κ2) is 5.06. The van der Waals surface area contributed by atoms with E-state index in [4.69, 9.17) is 11.5 Å². The Labute approximate surface area is 130 Å². The summed E-state index contributed by atoms with van der Waals surface area (Å²) in [6, 6.07) is 9.86. The number of amides is 4. The molecule has 23 heavy (non-hydrogen) atoms. The van der Waals surface area contributed by atoms with Crippen LogP contribution >= 0.6 is 0 Å². The van der Waals surface area contributed by atoms with Crippen LogP contribution in [0.3, 0.4) is 0 Å². The third-order valence-electron chi connectivity index (χ3n) is 3.58. The molecule has 0 saturated carbocycles. The number of rotatable bonds is 3. The highest BCUT2D eigenvalue weighted by Crippen LogP contribution is 2.29. The van der Waals surface area contributed by atoms with Crippen molar-refractivity contribution in [2.24, 2.45) is 11.5 Å². The molecule has 4 N–H and O–H groups in total. The van der Waals surface area contributed by atoms with E-state index in [2.05, 4.69) is 0 Å². The number of carbonyl (C=O) groups is 4. The van der Waals surface area contributed by atoms with Gasteiger partial charge in [0.05, 0.1) is 16.8 Å². The molecule has 2 aromatic rings. The lowest BCUT2D eigenvalue weighted by Gasteiger charge is -2.13. The topological polar surface area (TPSA) is 124 Å². The zero-order valence-corrected chi connectivity index (χ0v) is 11.8. The molecule has 0 radical (unpaired) electrons. The van der Waals surface area contributed by atoms with Crippen molar-refractivity contribution in [1.82, 2.24) is 0 Å². The maximum absolute atomic E-state index is 12.5. The summed E-state index contributed by atoms with van der Waals surface area (Å²) in [6.45, 7) is 0. The van der Waals surface area contributed by atoms with Crippen LogP contribution in [0.25, 0.3) is 0 Å². The summed E-state index contributed by atoms with van der Waals surface area (Å²) >= 11 is 0. The van der Waals surface area contributed by atoms with Crippen molar-refractivity contribution in [2.75, 3.05) is 4.90 Å². The van der Waals surface area contributed by atoms with Gasteiger partial charge in [-0.1, -0.05) is 0 Å².